The zero-order chi connectivity index (χ0) is 13.0. The van der Waals surface area contributed by atoms with Crippen LogP contribution in [0.2, 0.25) is 0 Å². The lowest BCUT2D eigenvalue weighted by molar-refractivity contribution is 0.338. The third-order valence-corrected chi connectivity index (χ3v) is 1.83. The van der Waals surface area contributed by atoms with Crippen molar-refractivity contribution in [3.05, 3.63) is 0 Å². The van der Waals surface area contributed by atoms with E-state index >= 15 is 0 Å². The Kier molecular flexibility index (Phi) is 4.87. The van der Waals surface area contributed by atoms with Crippen molar-refractivity contribution in [2.75, 3.05) is 12.5 Å². The van der Waals surface area contributed by atoms with Gasteiger partial charge in [0.2, 0.25) is 0 Å². The Morgan fingerprint density at radius 2 is 1.06 bits per heavy atom. The zero-order valence-corrected chi connectivity index (χ0v) is 10.8. The Hall–Kier alpha value is -1.16. The van der Waals surface area contributed by atoms with Gasteiger partial charge in [0, 0.05) is 0 Å². The van der Waals surface area contributed by atoms with E-state index in [2.05, 4.69) is 18.9 Å². The van der Waals surface area contributed by atoms with Crippen molar-refractivity contribution in [2.24, 2.45) is 10.3 Å². The number of rotatable bonds is 5. The monoisotopic (exact) mass is 272 g/mol. The smallest absolute Gasteiger partial charge is 0.268 e. The van der Waals surface area contributed by atoms with E-state index in [0.29, 0.717) is 0 Å². The Balaban J connectivity index is 4.68. The van der Waals surface area contributed by atoms with Crippen LogP contribution >= 0.6 is 0 Å². The van der Waals surface area contributed by atoms with Crippen molar-refractivity contribution >= 4 is 31.7 Å². The normalized spacial score (nSPS) is 14.8. The number of nitrogens with zero attached hydrogens (tertiary/aromatic N) is 2. The summed E-state index contributed by atoms with van der Waals surface area (Å²) in [6, 6.07) is 0. The predicted molar refractivity (Wildman–Crippen MR) is 58.1 cm³/mol. The highest BCUT2D eigenvalue weighted by molar-refractivity contribution is 7.86. The first kappa shape index (κ1) is 14.8. The summed E-state index contributed by atoms with van der Waals surface area (Å²) in [5, 5.41) is 6.44. The summed E-state index contributed by atoms with van der Waals surface area (Å²) < 4.78 is 50.6. The third kappa shape index (κ3) is 8.17. The van der Waals surface area contributed by atoms with Gasteiger partial charge in [0.25, 0.3) is 0 Å². The van der Waals surface area contributed by atoms with E-state index in [-0.39, 0.29) is 11.4 Å². The molecule has 0 atom stereocenters. The van der Waals surface area contributed by atoms with Crippen LogP contribution < -0.4 is 0 Å². The van der Waals surface area contributed by atoms with Gasteiger partial charge in [0.05, 0.1) is 12.5 Å². The van der Waals surface area contributed by atoms with Gasteiger partial charge in [-0.1, -0.05) is 10.3 Å². The molecule has 0 rings (SSSR count). The van der Waals surface area contributed by atoms with Crippen LogP contribution in [0.1, 0.15) is 13.8 Å². The molecule has 0 bridgehead atoms. The van der Waals surface area contributed by atoms with Crippen LogP contribution in [0.3, 0.4) is 0 Å². The standard InChI is InChI=1S/C6H12N2O6S2/c1-5(7-13-15(3,9)10)6(2)8-14-16(4,11)12/h1-4H3/b7-5-,8-6-. The van der Waals surface area contributed by atoms with Gasteiger partial charge in [0.1, 0.15) is 11.4 Å². The molecule has 8 nitrogen and oxygen atoms in total. The minimum Gasteiger partial charge on any atom is -0.268 e. The lowest BCUT2D eigenvalue weighted by Gasteiger charge is -1.99. The lowest BCUT2D eigenvalue weighted by atomic mass is 10.3. The fourth-order valence-corrected chi connectivity index (χ4v) is 0.874. The number of hydrogen-bond donors (Lipinski definition) is 0. The van der Waals surface area contributed by atoms with Crippen molar-refractivity contribution in [3.8, 4) is 0 Å². The fraction of sp³-hybridized carbons (Fsp3) is 0.667. The Morgan fingerprint density at radius 1 is 0.812 bits per heavy atom. The third-order valence-electron chi connectivity index (χ3n) is 1.14. The van der Waals surface area contributed by atoms with Crippen molar-refractivity contribution in [3.63, 3.8) is 0 Å². The second kappa shape index (κ2) is 5.25. The van der Waals surface area contributed by atoms with Crippen LogP contribution in [0, 0.1) is 0 Å². The Bertz CT molecular complexity index is 453. The summed E-state index contributed by atoms with van der Waals surface area (Å²) in [7, 11) is -7.40. The summed E-state index contributed by atoms with van der Waals surface area (Å²) in [5.41, 5.74) is 0.156. The van der Waals surface area contributed by atoms with Gasteiger partial charge in [-0.25, -0.2) is 0 Å². The molecule has 0 aliphatic heterocycles. The maximum atomic E-state index is 10.6. The van der Waals surface area contributed by atoms with Crippen LogP contribution in [-0.2, 0) is 28.8 Å². The van der Waals surface area contributed by atoms with Crippen LogP contribution in [0.5, 0.6) is 0 Å². The van der Waals surface area contributed by atoms with Gasteiger partial charge in [-0.15, -0.1) is 0 Å². The first-order valence-corrected chi connectivity index (χ1v) is 7.51. The van der Waals surface area contributed by atoms with Crippen LogP contribution in [-0.4, -0.2) is 40.8 Å². The molecule has 0 aromatic heterocycles. The predicted octanol–water partition coefficient (Wildman–Crippen LogP) is -0.309. The molecule has 0 N–H and O–H groups in total. The van der Waals surface area contributed by atoms with Crippen molar-refractivity contribution < 1.29 is 25.4 Å². The molecule has 0 aliphatic rings. The highest BCUT2D eigenvalue weighted by atomic mass is 32.2. The summed E-state index contributed by atoms with van der Waals surface area (Å²) in [5.74, 6) is 0. The molecule has 0 radical (unpaired) electrons. The molecule has 0 aromatic rings. The maximum Gasteiger partial charge on any atom is 0.325 e. The molecule has 0 unspecified atom stereocenters. The summed E-state index contributed by atoms with van der Waals surface area (Å²) in [6.07, 6.45) is 1.65. The van der Waals surface area contributed by atoms with Crippen LogP contribution in [0.4, 0.5) is 0 Å². The summed E-state index contributed by atoms with van der Waals surface area (Å²) >= 11 is 0. The fourth-order valence-electron chi connectivity index (χ4n) is 0.379. The van der Waals surface area contributed by atoms with E-state index < -0.39 is 20.2 Å². The second-order valence-corrected chi connectivity index (χ2v) is 6.03. The van der Waals surface area contributed by atoms with E-state index in [4.69, 9.17) is 0 Å². The van der Waals surface area contributed by atoms with Crippen LogP contribution in [0.25, 0.3) is 0 Å². The van der Waals surface area contributed by atoms with Gasteiger partial charge in [-0.3, -0.25) is 8.57 Å². The topological polar surface area (TPSA) is 111 Å². The largest absolute Gasteiger partial charge is 0.325 e. The molecular weight excluding hydrogens is 260 g/mol. The number of hydrogen-bond acceptors (Lipinski definition) is 8. The van der Waals surface area contributed by atoms with E-state index in [1.54, 1.807) is 0 Å². The molecule has 94 valence electrons. The highest BCUT2D eigenvalue weighted by Gasteiger charge is 2.05. The lowest BCUT2D eigenvalue weighted by Crippen LogP contribution is -2.10. The van der Waals surface area contributed by atoms with E-state index in [1.165, 1.54) is 13.8 Å². The minimum atomic E-state index is -3.70. The quantitative estimate of drug-likeness (QED) is 0.501. The highest BCUT2D eigenvalue weighted by Crippen LogP contribution is 1.94. The van der Waals surface area contributed by atoms with E-state index in [1.807, 2.05) is 0 Å². The van der Waals surface area contributed by atoms with Crippen LogP contribution in [0.15, 0.2) is 10.3 Å². The average Bonchev–Trinajstić information content (AvgIpc) is 2.07. The number of oxime groups is 2. The molecule has 10 heteroatoms. The summed E-state index contributed by atoms with van der Waals surface area (Å²) in [6.45, 7) is 2.77. The molecule has 0 saturated carbocycles. The molecule has 0 heterocycles. The van der Waals surface area contributed by atoms with Gasteiger partial charge in [-0.05, 0) is 13.8 Å². The van der Waals surface area contributed by atoms with Gasteiger partial charge < -0.3 is 0 Å². The van der Waals surface area contributed by atoms with Gasteiger partial charge in [0.15, 0.2) is 0 Å². The molecular formula is C6H12N2O6S2. The average molecular weight is 272 g/mol. The maximum absolute atomic E-state index is 10.6. The zero-order valence-electron chi connectivity index (χ0n) is 9.16. The van der Waals surface area contributed by atoms with Gasteiger partial charge >= 0.3 is 20.2 Å². The van der Waals surface area contributed by atoms with Crippen molar-refractivity contribution in [1.82, 2.24) is 0 Å². The van der Waals surface area contributed by atoms with Gasteiger partial charge in [-0.2, -0.15) is 16.8 Å². The SMILES string of the molecule is CC(=N/OS(C)(=O)=O)/C(C)=N\OS(C)(=O)=O. The Labute approximate surface area is 94.2 Å². The van der Waals surface area contributed by atoms with E-state index in [0.717, 1.165) is 12.5 Å². The van der Waals surface area contributed by atoms with Crippen molar-refractivity contribution in [2.45, 2.75) is 13.8 Å². The first-order chi connectivity index (χ1) is 7.01. The molecule has 0 saturated heterocycles. The molecule has 0 aliphatic carbocycles. The minimum absolute atomic E-state index is 0.0778. The summed E-state index contributed by atoms with van der Waals surface area (Å²) in [4.78, 5) is 0. The van der Waals surface area contributed by atoms with Crippen molar-refractivity contribution in [1.29, 1.82) is 0 Å². The molecule has 0 amide bonds. The molecule has 0 aromatic carbocycles. The Morgan fingerprint density at radius 3 is 1.25 bits per heavy atom. The second-order valence-electron chi connectivity index (χ2n) is 2.91. The molecule has 0 fully saturated rings. The first-order valence-electron chi connectivity index (χ1n) is 3.88. The molecule has 0 spiro atoms. The molecule has 16 heavy (non-hydrogen) atoms. The van der Waals surface area contributed by atoms with E-state index in [9.17, 15) is 16.8 Å².